The molecular weight excluding hydrogens is 294 g/mol. The Balaban J connectivity index is 2.04. The number of carboxylic acids is 1. The van der Waals surface area contributed by atoms with E-state index in [0.717, 1.165) is 11.4 Å². The number of hydrogen-bond donors (Lipinski definition) is 3. The quantitative estimate of drug-likeness (QED) is 0.810. The molecule has 0 amide bonds. The minimum Gasteiger partial charge on any atom is -0.494 e. The molecule has 2 aromatic heterocycles. The molecule has 0 saturated heterocycles. The third kappa shape index (κ3) is 2.59. The van der Waals surface area contributed by atoms with E-state index in [9.17, 15) is 9.90 Å². The van der Waals surface area contributed by atoms with Crippen LogP contribution in [0.4, 0.5) is 0 Å². The van der Waals surface area contributed by atoms with Crippen molar-refractivity contribution in [1.29, 1.82) is 0 Å². The first-order valence-corrected chi connectivity index (χ1v) is 7.14. The molecule has 3 heterocycles. The fourth-order valence-corrected chi connectivity index (χ4v) is 2.69. The smallest absolute Gasteiger partial charge is 0.337 e. The van der Waals surface area contributed by atoms with E-state index in [1.807, 2.05) is 24.4 Å². The van der Waals surface area contributed by atoms with Gasteiger partial charge < -0.3 is 19.8 Å². The highest BCUT2D eigenvalue weighted by atomic mass is 16.5. The summed E-state index contributed by atoms with van der Waals surface area (Å²) in [6.07, 6.45) is 5.48. The third-order valence-corrected chi connectivity index (χ3v) is 3.83. The van der Waals surface area contributed by atoms with Crippen molar-refractivity contribution in [3.63, 3.8) is 0 Å². The van der Waals surface area contributed by atoms with Gasteiger partial charge in [0.2, 0.25) is 0 Å². The molecule has 0 aliphatic carbocycles. The first-order valence-electron chi connectivity index (χ1n) is 7.14. The largest absolute Gasteiger partial charge is 0.494 e. The molecule has 0 unspecified atom stereocenters. The second-order valence-electron chi connectivity index (χ2n) is 5.29. The van der Waals surface area contributed by atoms with Crippen LogP contribution in [0.3, 0.4) is 0 Å². The van der Waals surface area contributed by atoms with Gasteiger partial charge >= 0.3 is 5.97 Å². The topological polar surface area (TPSA) is 90.5 Å². The molecule has 6 heteroatoms. The first kappa shape index (κ1) is 14.9. The summed E-state index contributed by atoms with van der Waals surface area (Å²) in [5, 5.41) is 9.28. The first-order chi connectivity index (χ1) is 11.0. The zero-order valence-electron chi connectivity index (χ0n) is 13.1. The lowest BCUT2D eigenvalue weighted by Gasteiger charge is -2.01. The van der Waals surface area contributed by atoms with E-state index in [1.165, 1.54) is 0 Å². The van der Waals surface area contributed by atoms with E-state index in [0.29, 0.717) is 34.0 Å². The predicted octanol–water partition coefficient (Wildman–Crippen LogP) is 3.03. The van der Waals surface area contributed by atoms with Crippen LogP contribution >= 0.6 is 0 Å². The molecule has 118 valence electrons. The summed E-state index contributed by atoms with van der Waals surface area (Å²) in [6.45, 7) is 3.52. The summed E-state index contributed by atoms with van der Waals surface area (Å²) in [6, 6.07) is 3.83. The highest BCUT2D eigenvalue weighted by molar-refractivity contribution is 6.11. The number of H-pyrrole nitrogens is 2. The van der Waals surface area contributed by atoms with Crippen LogP contribution in [-0.4, -0.2) is 33.9 Å². The van der Waals surface area contributed by atoms with Gasteiger partial charge in [-0.15, -0.1) is 0 Å². The van der Waals surface area contributed by atoms with Gasteiger partial charge in [0.25, 0.3) is 0 Å². The molecule has 2 aromatic rings. The fraction of sp³-hybridized carbons (Fsp3) is 0.176. The number of carbonyl (C=O) groups is 1. The number of carboxylic acid groups (broad SMARTS) is 1. The van der Waals surface area contributed by atoms with Gasteiger partial charge in [-0.05, 0) is 37.6 Å². The normalized spacial score (nSPS) is 15.7. The van der Waals surface area contributed by atoms with E-state index >= 15 is 0 Å². The van der Waals surface area contributed by atoms with E-state index < -0.39 is 5.97 Å². The maximum absolute atomic E-state index is 11.3. The van der Waals surface area contributed by atoms with Crippen LogP contribution in [0.1, 0.15) is 33.0 Å². The molecule has 1 aliphatic rings. The van der Waals surface area contributed by atoms with Gasteiger partial charge in [-0.2, -0.15) is 0 Å². The van der Waals surface area contributed by atoms with Crippen molar-refractivity contribution >= 4 is 17.8 Å². The second kappa shape index (κ2) is 5.64. The maximum Gasteiger partial charge on any atom is 0.337 e. The summed E-state index contributed by atoms with van der Waals surface area (Å²) in [5.74, 6) is -0.302. The molecule has 3 rings (SSSR count). The molecule has 0 aromatic carbocycles. The number of aromatic nitrogens is 2. The fourth-order valence-electron chi connectivity index (χ4n) is 2.69. The zero-order chi connectivity index (χ0) is 16.6. The number of nitrogens with one attached hydrogen (secondary N) is 2. The average molecular weight is 311 g/mol. The number of aromatic carboxylic acids is 1. The van der Waals surface area contributed by atoms with Gasteiger partial charge in [0.15, 0.2) is 0 Å². The Bertz CT molecular complexity index is 852. The second-order valence-corrected chi connectivity index (χ2v) is 5.29. The third-order valence-electron chi connectivity index (χ3n) is 3.83. The Morgan fingerprint density at radius 1 is 1.39 bits per heavy atom. The number of hydrogen-bond acceptors (Lipinski definition) is 3. The van der Waals surface area contributed by atoms with Gasteiger partial charge in [0.1, 0.15) is 11.5 Å². The van der Waals surface area contributed by atoms with Crippen molar-refractivity contribution < 1.29 is 14.6 Å². The Kier molecular flexibility index (Phi) is 3.65. The molecule has 0 spiro atoms. The number of aryl methyl sites for hydroxylation is 1. The molecule has 3 N–H and O–H groups in total. The van der Waals surface area contributed by atoms with Crippen molar-refractivity contribution in [2.75, 3.05) is 7.11 Å². The van der Waals surface area contributed by atoms with Crippen molar-refractivity contribution in [2.45, 2.75) is 13.8 Å². The Hall–Kier alpha value is -3.02. The number of nitrogens with zero attached hydrogens (tertiary/aromatic N) is 1. The molecule has 6 nitrogen and oxygen atoms in total. The van der Waals surface area contributed by atoms with Crippen LogP contribution in [0.5, 0.6) is 0 Å². The van der Waals surface area contributed by atoms with Crippen LogP contribution in [0, 0.1) is 13.8 Å². The molecule has 0 bridgehead atoms. The van der Waals surface area contributed by atoms with Crippen LogP contribution in [0.2, 0.25) is 0 Å². The van der Waals surface area contributed by atoms with Crippen molar-refractivity contribution in [3.8, 4) is 0 Å². The predicted molar refractivity (Wildman–Crippen MR) is 87.6 cm³/mol. The minimum absolute atomic E-state index is 0.298. The van der Waals surface area contributed by atoms with E-state index in [2.05, 4.69) is 15.0 Å². The molecule has 0 radical (unpaired) electrons. The summed E-state index contributed by atoms with van der Waals surface area (Å²) >= 11 is 0. The number of rotatable bonds is 4. The number of aromatic amines is 2. The number of aliphatic imine (C=N–C) groups is 1. The highest BCUT2D eigenvalue weighted by Crippen LogP contribution is 2.27. The molecular formula is C17H17N3O3. The van der Waals surface area contributed by atoms with Crippen LogP contribution in [0.15, 0.2) is 40.9 Å². The minimum atomic E-state index is -0.939. The van der Waals surface area contributed by atoms with Gasteiger partial charge in [0.05, 0.1) is 24.1 Å². The zero-order valence-corrected chi connectivity index (χ0v) is 13.1. The molecule has 0 fully saturated rings. The van der Waals surface area contributed by atoms with E-state index in [-0.39, 0.29) is 0 Å². The van der Waals surface area contributed by atoms with E-state index in [4.69, 9.17) is 4.74 Å². The van der Waals surface area contributed by atoms with Gasteiger partial charge in [-0.25, -0.2) is 9.79 Å². The van der Waals surface area contributed by atoms with Crippen molar-refractivity contribution in [3.05, 3.63) is 64.1 Å². The van der Waals surface area contributed by atoms with Crippen molar-refractivity contribution in [2.24, 2.45) is 4.99 Å². The molecule has 0 atom stereocenters. The lowest BCUT2D eigenvalue weighted by molar-refractivity contribution is 0.0695. The maximum atomic E-state index is 11.3. The summed E-state index contributed by atoms with van der Waals surface area (Å²) in [5.41, 5.74) is 4.64. The van der Waals surface area contributed by atoms with Gasteiger partial charge in [0, 0.05) is 23.7 Å². The van der Waals surface area contributed by atoms with Crippen LogP contribution < -0.4 is 0 Å². The molecule has 1 aliphatic heterocycles. The van der Waals surface area contributed by atoms with Gasteiger partial charge in [-0.1, -0.05) is 0 Å². The van der Waals surface area contributed by atoms with Crippen LogP contribution in [0.25, 0.3) is 6.08 Å². The monoisotopic (exact) mass is 311 g/mol. The lowest BCUT2D eigenvalue weighted by atomic mass is 10.1. The standard InChI is InChI=1S/C17H17N3O3/c1-9-12(19-10(2)16(9)17(21)22)7-14-15(23-3)8-13(20-14)11-5-4-6-18-11/h4-8,18-19H,1-3H3,(H,21,22)/b14-7-. The Labute approximate surface area is 133 Å². The number of allylic oxidation sites excluding steroid dienone is 1. The van der Waals surface area contributed by atoms with Crippen LogP contribution in [-0.2, 0) is 4.74 Å². The Morgan fingerprint density at radius 3 is 2.74 bits per heavy atom. The van der Waals surface area contributed by atoms with E-state index in [1.54, 1.807) is 27.0 Å². The highest BCUT2D eigenvalue weighted by Gasteiger charge is 2.20. The number of ether oxygens (including phenoxy) is 1. The van der Waals surface area contributed by atoms with Crippen molar-refractivity contribution in [1.82, 2.24) is 9.97 Å². The summed E-state index contributed by atoms with van der Waals surface area (Å²) in [7, 11) is 1.59. The summed E-state index contributed by atoms with van der Waals surface area (Å²) < 4.78 is 5.38. The summed E-state index contributed by atoms with van der Waals surface area (Å²) in [4.78, 5) is 22.1. The van der Waals surface area contributed by atoms with Gasteiger partial charge in [-0.3, -0.25) is 0 Å². The molecule has 23 heavy (non-hydrogen) atoms. The Morgan fingerprint density at radius 2 is 2.17 bits per heavy atom. The molecule has 0 saturated carbocycles. The number of methoxy groups -OCH3 is 1. The SMILES string of the molecule is COC1=CC(c2ccc[nH]2)=N/C1=C\c1[nH]c(C)c(C(=O)O)c1C. The lowest BCUT2D eigenvalue weighted by Crippen LogP contribution is -1.98. The average Bonchev–Trinajstić information content (AvgIpc) is 3.19.